The number of thioether (sulfide) groups is 1. The lowest BCUT2D eigenvalue weighted by Crippen LogP contribution is -2.10. The molecule has 3 nitrogen and oxygen atoms in total. The first-order valence-corrected chi connectivity index (χ1v) is 6.82. The van der Waals surface area contributed by atoms with Crippen LogP contribution in [0.5, 0.6) is 5.75 Å². The van der Waals surface area contributed by atoms with Gasteiger partial charge in [-0.15, -0.1) is 0 Å². The minimum absolute atomic E-state index is 0.142. The van der Waals surface area contributed by atoms with Gasteiger partial charge < -0.3 is 15.8 Å². The molecular weight excluding hydrogens is 220 g/mol. The predicted molar refractivity (Wildman–Crippen MR) is 73.5 cm³/mol. The zero-order valence-corrected chi connectivity index (χ0v) is 10.9. The van der Waals surface area contributed by atoms with Crippen molar-refractivity contribution < 1.29 is 4.74 Å². The summed E-state index contributed by atoms with van der Waals surface area (Å²) < 4.78 is 5.62. The summed E-state index contributed by atoms with van der Waals surface area (Å²) in [7, 11) is 0. The van der Waals surface area contributed by atoms with Gasteiger partial charge in [0.2, 0.25) is 0 Å². The molecule has 0 heterocycles. The summed E-state index contributed by atoms with van der Waals surface area (Å²) >= 11 is 1.81. The van der Waals surface area contributed by atoms with E-state index >= 15 is 0 Å². The maximum atomic E-state index is 6.02. The normalized spacial score (nSPS) is 10.5. The van der Waals surface area contributed by atoms with E-state index in [9.17, 15) is 0 Å². The molecule has 4 heteroatoms. The Kier molecular flexibility index (Phi) is 5.32. The Morgan fingerprint density at radius 3 is 2.81 bits per heavy atom. The number of benzene rings is 1. The third-order valence-corrected chi connectivity index (χ3v) is 2.66. The van der Waals surface area contributed by atoms with Crippen molar-refractivity contribution in [2.45, 2.75) is 20.0 Å². The van der Waals surface area contributed by atoms with Crippen molar-refractivity contribution >= 4 is 23.1 Å². The maximum Gasteiger partial charge on any atom is 0.144 e. The van der Waals surface area contributed by atoms with E-state index in [0.29, 0.717) is 5.69 Å². The van der Waals surface area contributed by atoms with Crippen molar-refractivity contribution in [3.8, 4) is 5.75 Å². The summed E-state index contributed by atoms with van der Waals surface area (Å²) in [5.74, 6) is 1.82. The Bertz CT molecular complexity index is 329. The SMILES string of the molecule is CSCCNc1cccc(OC(C)C)c1N. The molecule has 0 aliphatic heterocycles. The van der Waals surface area contributed by atoms with Gasteiger partial charge in [-0.3, -0.25) is 0 Å². The van der Waals surface area contributed by atoms with Crippen LogP contribution in [-0.4, -0.2) is 24.7 Å². The van der Waals surface area contributed by atoms with Crippen molar-refractivity contribution in [1.82, 2.24) is 0 Å². The van der Waals surface area contributed by atoms with Crippen molar-refractivity contribution in [2.24, 2.45) is 0 Å². The van der Waals surface area contributed by atoms with E-state index in [1.807, 2.05) is 43.8 Å². The number of nitrogens with two attached hydrogens (primary N) is 1. The molecule has 0 amide bonds. The van der Waals surface area contributed by atoms with E-state index in [0.717, 1.165) is 23.7 Å². The Hall–Kier alpha value is -1.03. The standard InChI is InChI=1S/C12H20N2OS/c1-9(2)15-11-6-4-5-10(12(11)13)14-7-8-16-3/h4-6,9,14H,7-8,13H2,1-3H3. The fourth-order valence-corrected chi connectivity index (χ4v) is 1.65. The molecule has 1 rings (SSSR count). The Balaban J connectivity index is 2.70. The van der Waals surface area contributed by atoms with E-state index in [1.165, 1.54) is 0 Å². The molecule has 1 aromatic carbocycles. The molecule has 0 bridgehead atoms. The number of nitrogens with one attached hydrogen (secondary N) is 1. The highest BCUT2D eigenvalue weighted by molar-refractivity contribution is 7.98. The first-order chi connectivity index (χ1) is 7.65. The minimum atomic E-state index is 0.142. The summed E-state index contributed by atoms with van der Waals surface area (Å²) in [4.78, 5) is 0. The van der Waals surface area contributed by atoms with Crippen LogP contribution >= 0.6 is 11.8 Å². The van der Waals surface area contributed by atoms with Crippen molar-refractivity contribution in [1.29, 1.82) is 0 Å². The second-order valence-electron chi connectivity index (χ2n) is 3.80. The van der Waals surface area contributed by atoms with Crippen LogP contribution in [0.2, 0.25) is 0 Å². The molecule has 0 atom stereocenters. The molecule has 0 aromatic heterocycles. The molecule has 0 spiro atoms. The number of anilines is 2. The van der Waals surface area contributed by atoms with Gasteiger partial charge in [0.15, 0.2) is 0 Å². The van der Waals surface area contributed by atoms with Crippen molar-refractivity contribution in [3.05, 3.63) is 18.2 Å². The lowest BCUT2D eigenvalue weighted by molar-refractivity contribution is 0.244. The van der Waals surface area contributed by atoms with E-state index in [-0.39, 0.29) is 6.10 Å². The quantitative estimate of drug-likeness (QED) is 0.593. The van der Waals surface area contributed by atoms with Gasteiger partial charge in [0.1, 0.15) is 5.75 Å². The molecule has 0 aliphatic rings. The van der Waals surface area contributed by atoms with E-state index in [1.54, 1.807) is 0 Å². The third kappa shape index (κ3) is 3.85. The Labute approximate surface area is 102 Å². The molecule has 0 saturated carbocycles. The van der Waals surface area contributed by atoms with Crippen LogP contribution in [0.15, 0.2) is 18.2 Å². The molecule has 0 aliphatic carbocycles. The number of nitrogen functional groups attached to an aromatic ring is 1. The van der Waals surface area contributed by atoms with E-state index in [4.69, 9.17) is 10.5 Å². The first-order valence-electron chi connectivity index (χ1n) is 5.43. The molecule has 0 saturated heterocycles. The number of hydrogen-bond acceptors (Lipinski definition) is 4. The number of ether oxygens (including phenoxy) is 1. The first kappa shape index (κ1) is 13.0. The van der Waals surface area contributed by atoms with Crippen LogP contribution in [-0.2, 0) is 0 Å². The topological polar surface area (TPSA) is 47.3 Å². The van der Waals surface area contributed by atoms with Crippen LogP contribution in [0.1, 0.15) is 13.8 Å². The molecule has 0 unspecified atom stereocenters. The van der Waals surface area contributed by atoms with Gasteiger partial charge >= 0.3 is 0 Å². The second-order valence-corrected chi connectivity index (χ2v) is 4.79. The van der Waals surface area contributed by atoms with Crippen LogP contribution in [0.3, 0.4) is 0 Å². The molecule has 90 valence electrons. The van der Waals surface area contributed by atoms with Crippen LogP contribution < -0.4 is 15.8 Å². The molecule has 0 radical (unpaired) electrons. The average Bonchev–Trinajstić information content (AvgIpc) is 2.23. The fourth-order valence-electron chi connectivity index (χ4n) is 1.34. The largest absolute Gasteiger partial charge is 0.489 e. The lowest BCUT2D eigenvalue weighted by atomic mass is 10.2. The monoisotopic (exact) mass is 240 g/mol. The van der Waals surface area contributed by atoms with Gasteiger partial charge in [-0.1, -0.05) is 6.07 Å². The van der Waals surface area contributed by atoms with Gasteiger partial charge in [0.25, 0.3) is 0 Å². The van der Waals surface area contributed by atoms with Gasteiger partial charge in [-0.2, -0.15) is 11.8 Å². The highest BCUT2D eigenvalue weighted by Crippen LogP contribution is 2.29. The fraction of sp³-hybridized carbons (Fsp3) is 0.500. The summed E-state index contributed by atoms with van der Waals surface area (Å²) in [6.45, 7) is 4.90. The zero-order valence-electron chi connectivity index (χ0n) is 10.1. The lowest BCUT2D eigenvalue weighted by Gasteiger charge is -2.15. The Morgan fingerprint density at radius 1 is 1.44 bits per heavy atom. The van der Waals surface area contributed by atoms with Crippen molar-refractivity contribution in [2.75, 3.05) is 29.6 Å². The summed E-state index contributed by atoms with van der Waals surface area (Å²) in [5.41, 5.74) is 7.66. The molecule has 16 heavy (non-hydrogen) atoms. The van der Waals surface area contributed by atoms with Gasteiger partial charge in [-0.05, 0) is 32.2 Å². The predicted octanol–water partition coefficient (Wildman–Crippen LogP) is 2.83. The smallest absolute Gasteiger partial charge is 0.144 e. The zero-order chi connectivity index (χ0) is 12.0. The molecule has 0 fully saturated rings. The summed E-state index contributed by atoms with van der Waals surface area (Å²) in [5, 5.41) is 3.30. The van der Waals surface area contributed by atoms with Crippen LogP contribution in [0.4, 0.5) is 11.4 Å². The van der Waals surface area contributed by atoms with Crippen molar-refractivity contribution in [3.63, 3.8) is 0 Å². The van der Waals surface area contributed by atoms with Crippen LogP contribution in [0, 0.1) is 0 Å². The molecule has 3 N–H and O–H groups in total. The van der Waals surface area contributed by atoms with Gasteiger partial charge in [-0.25, -0.2) is 0 Å². The van der Waals surface area contributed by atoms with E-state index in [2.05, 4.69) is 11.6 Å². The summed E-state index contributed by atoms with van der Waals surface area (Å²) in [6, 6.07) is 5.83. The number of hydrogen-bond donors (Lipinski definition) is 2. The maximum absolute atomic E-state index is 6.02. The molecular formula is C12H20N2OS. The second kappa shape index (κ2) is 6.53. The Morgan fingerprint density at radius 2 is 2.19 bits per heavy atom. The minimum Gasteiger partial charge on any atom is -0.489 e. The van der Waals surface area contributed by atoms with Gasteiger partial charge in [0, 0.05) is 12.3 Å². The average molecular weight is 240 g/mol. The molecule has 1 aromatic rings. The van der Waals surface area contributed by atoms with Gasteiger partial charge in [0.05, 0.1) is 17.5 Å². The third-order valence-electron chi connectivity index (χ3n) is 2.05. The highest BCUT2D eigenvalue weighted by atomic mass is 32.2. The van der Waals surface area contributed by atoms with Crippen LogP contribution in [0.25, 0.3) is 0 Å². The van der Waals surface area contributed by atoms with E-state index < -0.39 is 0 Å². The number of para-hydroxylation sites is 1. The highest BCUT2D eigenvalue weighted by Gasteiger charge is 2.06. The summed E-state index contributed by atoms with van der Waals surface area (Å²) in [6.07, 6.45) is 2.23. The number of rotatable bonds is 6.